The van der Waals surface area contributed by atoms with Crippen molar-refractivity contribution in [3.63, 3.8) is 0 Å². The molecule has 28 heavy (non-hydrogen) atoms. The van der Waals surface area contributed by atoms with Crippen LogP contribution < -0.4 is 4.74 Å². The molecule has 1 saturated heterocycles. The summed E-state index contributed by atoms with van der Waals surface area (Å²) < 4.78 is 8.65. The quantitative estimate of drug-likeness (QED) is 0.695. The van der Waals surface area contributed by atoms with Crippen LogP contribution in [-0.4, -0.2) is 60.7 Å². The van der Waals surface area contributed by atoms with E-state index >= 15 is 0 Å². The number of hydrogen-bond donors (Lipinski definition) is 0. The van der Waals surface area contributed by atoms with Gasteiger partial charge in [-0.2, -0.15) is 0 Å². The summed E-state index contributed by atoms with van der Waals surface area (Å²) in [6.07, 6.45) is 0.964. The van der Waals surface area contributed by atoms with Crippen LogP contribution in [0.4, 0.5) is 0 Å². The number of ether oxygens (including phenoxy) is 1. The van der Waals surface area contributed by atoms with E-state index in [1.165, 1.54) is 46.4 Å². The van der Waals surface area contributed by atoms with Gasteiger partial charge in [-0.3, -0.25) is 4.90 Å². The summed E-state index contributed by atoms with van der Waals surface area (Å²) in [5.74, 6) is 1.02. The van der Waals surface area contributed by atoms with E-state index in [4.69, 9.17) is 4.74 Å². The Kier molecular flexibility index (Phi) is 4.61. The number of benzene rings is 2. The molecule has 0 unspecified atom stereocenters. The second kappa shape index (κ2) is 7.26. The number of nitrogens with zero attached hydrogens (tertiary/aromatic N) is 3. The molecule has 0 radical (unpaired) electrons. The SMILES string of the molecule is Cc1ccc2c(c1)c1c(n2CCN2CCN(C)CC2)-c2ccccc2OCC1. The van der Waals surface area contributed by atoms with Crippen molar-refractivity contribution in [2.24, 2.45) is 0 Å². The first-order valence-corrected chi connectivity index (χ1v) is 10.5. The predicted molar refractivity (Wildman–Crippen MR) is 115 cm³/mol. The minimum absolute atomic E-state index is 0.746. The molecule has 0 N–H and O–H groups in total. The fraction of sp³-hybridized carbons (Fsp3) is 0.417. The van der Waals surface area contributed by atoms with E-state index in [0.29, 0.717) is 0 Å². The van der Waals surface area contributed by atoms with Crippen molar-refractivity contribution in [1.82, 2.24) is 14.4 Å². The Labute approximate surface area is 167 Å². The molecule has 0 aliphatic carbocycles. The third-order valence-electron chi connectivity index (χ3n) is 6.31. The average Bonchev–Trinajstić information content (AvgIpc) is 2.87. The van der Waals surface area contributed by atoms with Gasteiger partial charge in [0.2, 0.25) is 0 Å². The number of aryl methyl sites for hydroxylation is 1. The molecule has 0 amide bonds. The van der Waals surface area contributed by atoms with Gasteiger partial charge in [-0.25, -0.2) is 0 Å². The Morgan fingerprint density at radius 3 is 2.64 bits per heavy atom. The largest absolute Gasteiger partial charge is 0.493 e. The number of hydrogen-bond acceptors (Lipinski definition) is 3. The van der Waals surface area contributed by atoms with E-state index in [-0.39, 0.29) is 0 Å². The summed E-state index contributed by atoms with van der Waals surface area (Å²) in [5, 5.41) is 1.40. The molecule has 1 fully saturated rings. The van der Waals surface area contributed by atoms with Crippen molar-refractivity contribution in [2.75, 3.05) is 46.4 Å². The lowest BCUT2D eigenvalue weighted by atomic mass is 10.0. The monoisotopic (exact) mass is 375 g/mol. The number of fused-ring (bicyclic) bond motifs is 5. The van der Waals surface area contributed by atoms with Gasteiger partial charge in [0.15, 0.2) is 0 Å². The minimum atomic E-state index is 0.746. The van der Waals surface area contributed by atoms with Crippen molar-refractivity contribution < 1.29 is 4.74 Å². The Morgan fingerprint density at radius 2 is 1.79 bits per heavy atom. The maximum Gasteiger partial charge on any atom is 0.128 e. The van der Waals surface area contributed by atoms with Crippen LogP contribution in [0.1, 0.15) is 11.1 Å². The number of para-hydroxylation sites is 1. The van der Waals surface area contributed by atoms with E-state index in [9.17, 15) is 0 Å². The molecule has 2 aliphatic rings. The zero-order valence-corrected chi connectivity index (χ0v) is 16.9. The highest BCUT2D eigenvalue weighted by atomic mass is 16.5. The number of rotatable bonds is 3. The summed E-state index contributed by atoms with van der Waals surface area (Å²) in [6.45, 7) is 9.71. The number of likely N-dealkylation sites (N-methyl/N-ethyl adjacent to an activating group) is 1. The Morgan fingerprint density at radius 1 is 0.964 bits per heavy atom. The van der Waals surface area contributed by atoms with Crippen molar-refractivity contribution in [2.45, 2.75) is 19.9 Å². The van der Waals surface area contributed by atoms with Gasteiger partial charge in [0.05, 0.1) is 12.3 Å². The number of aromatic nitrogens is 1. The van der Waals surface area contributed by atoms with Gasteiger partial charge in [-0.05, 0) is 43.8 Å². The summed E-state index contributed by atoms with van der Waals surface area (Å²) >= 11 is 0. The van der Waals surface area contributed by atoms with Crippen molar-refractivity contribution in [3.05, 3.63) is 53.6 Å². The molecule has 0 atom stereocenters. The minimum Gasteiger partial charge on any atom is -0.493 e. The molecule has 2 aromatic carbocycles. The summed E-state index contributed by atoms with van der Waals surface area (Å²) in [7, 11) is 2.22. The van der Waals surface area contributed by atoms with Crippen LogP contribution in [-0.2, 0) is 13.0 Å². The molecule has 4 nitrogen and oxygen atoms in total. The molecule has 2 aliphatic heterocycles. The molecule has 5 rings (SSSR count). The van der Waals surface area contributed by atoms with Gasteiger partial charge < -0.3 is 14.2 Å². The summed E-state index contributed by atoms with van der Waals surface area (Å²) in [6, 6.07) is 15.4. The maximum absolute atomic E-state index is 6.10. The normalized spacial score (nSPS) is 17.8. The third-order valence-corrected chi connectivity index (χ3v) is 6.31. The van der Waals surface area contributed by atoms with E-state index in [1.54, 1.807) is 0 Å². The summed E-state index contributed by atoms with van der Waals surface area (Å²) in [5.41, 5.74) is 6.73. The standard InChI is InChI=1S/C24H29N3O/c1-18-7-8-22-21(17-18)19-9-16-28-23-6-4-3-5-20(23)24(19)27(22)15-14-26-12-10-25(2)11-13-26/h3-8,17H,9-16H2,1-2H3. The molecule has 0 spiro atoms. The second-order valence-corrected chi connectivity index (χ2v) is 8.24. The molecule has 0 saturated carbocycles. The van der Waals surface area contributed by atoms with Crippen LogP contribution in [0.3, 0.4) is 0 Å². The van der Waals surface area contributed by atoms with E-state index < -0.39 is 0 Å². The highest BCUT2D eigenvalue weighted by molar-refractivity contribution is 5.93. The first-order valence-electron chi connectivity index (χ1n) is 10.5. The van der Waals surface area contributed by atoms with Crippen LogP contribution in [0.15, 0.2) is 42.5 Å². The van der Waals surface area contributed by atoms with Gasteiger partial charge in [0.1, 0.15) is 5.75 Å². The molecule has 4 heteroatoms. The lowest BCUT2D eigenvalue weighted by Gasteiger charge is -2.32. The van der Waals surface area contributed by atoms with E-state index in [2.05, 4.69) is 70.8 Å². The fourth-order valence-corrected chi connectivity index (χ4v) is 4.70. The molecule has 0 bridgehead atoms. The average molecular weight is 376 g/mol. The second-order valence-electron chi connectivity index (χ2n) is 8.24. The molecular weight excluding hydrogens is 346 g/mol. The first kappa shape index (κ1) is 17.8. The Balaban J connectivity index is 1.59. The van der Waals surface area contributed by atoms with Gasteiger partial charge in [-0.1, -0.05) is 23.8 Å². The first-order chi connectivity index (χ1) is 13.7. The van der Waals surface area contributed by atoms with Gasteiger partial charge in [0, 0.05) is 62.2 Å². The van der Waals surface area contributed by atoms with Crippen LogP contribution >= 0.6 is 0 Å². The zero-order valence-electron chi connectivity index (χ0n) is 16.9. The molecular formula is C24H29N3O. The van der Waals surface area contributed by atoms with Crippen molar-refractivity contribution in [1.29, 1.82) is 0 Å². The maximum atomic E-state index is 6.10. The van der Waals surface area contributed by atoms with Crippen LogP contribution in [0.2, 0.25) is 0 Å². The highest BCUT2D eigenvalue weighted by Crippen LogP contribution is 2.41. The Bertz CT molecular complexity index is 998. The van der Waals surface area contributed by atoms with Crippen LogP contribution in [0.25, 0.3) is 22.2 Å². The van der Waals surface area contributed by atoms with Crippen LogP contribution in [0.5, 0.6) is 5.75 Å². The fourth-order valence-electron chi connectivity index (χ4n) is 4.70. The lowest BCUT2D eigenvalue weighted by Crippen LogP contribution is -2.45. The molecule has 3 heterocycles. The molecule has 1 aromatic heterocycles. The highest BCUT2D eigenvalue weighted by Gasteiger charge is 2.24. The Hall–Kier alpha value is -2.30. The van der Waals surface area contributed by atoms with Gasteiger partial charge in [-0.15, -0.1) is 0 Å². The van der Waals surface area contributed by atoms with Gasteiger partial charge >= 0.3 is 0 Å². The number of piperazine rings is 1. The zero-order chi connectivity index (χ0) is 19.1. The molecule has 146 valence electrons. The predicted octanol–water partition coefficient (Wildman–Crippen LogP) is 3.80. The molecule has 3 aromatic rings. The van der Waals surface area contributed by atoms with Crippen LogP contribution in [0, 0.1) is 6.92 Å². The van der Waals surface area contributed by atoms with Crippen molar-refractivity contribution >= 4 is 10.9 Å². The van der Waals surface area contributed by atoms with Gasteiger partial charge in [0.25, 0.3) is 0 Å². The van der Waals surface area contributed by atoms with E-state index in [1.807, 2.05) is 0 Å². The lowest BCUT2D eigenvalue weighted by molar-refractivity contribution is 0.150. The van der Waals surface area contributed by atoms with Crippen molar-refractivity contribution in [3.8, 4) is 17.0 Å². The summed E-state index contributed by atoms with van der Waals surface area (Å²) in [4.78, 5) is 5.02. The smallest absolute Gasteiger partial charge is 0.128 e. The topological polar surface area (TPSA) is 20.6 Å². The van der Waals surface area contributed by atoms with E-state index in [0.717, 1.165) is 45.0 Å². The third kappa shape index (κ3) is 3.11.